The Hall–Kier alpha value is -1.52. The van der Waals surface area contributed by atoms with Gasteiger partial charge in [0.05, 0.1) is 5.92 Å². The van der Waals surface area contributed by atoms with Gasteiger partial charge in [0, 0.05) is 19.6 Å². The number of rotatable bonds is 5. The number of amides is 2. The second-order valence-electron chi connectivity index (χ2n) is 4.87. The molecule has 0 bridgehead atoms. The van der Waals surface area contributed by atoms with Gasteiger partial charge in [-0.25, -0.2) is 4.79 Å². The number of aliphatic carboxylic acids is 1. The molecule has 1 rings (SSSR count). The van der Waals surface area contributed by atoms with Gasteiger partial charge in [-0.2, -0.15) is 0 Å². The fourth-order valence-corrected chi connectivity index (χ4v) is 1.92. The topological polar surface area (TPSA) is 69.6 Å². The van der Waals surface area contributed by atoms with E-state index in [0.29, 0.717) is 25.9 Å². The number of carboxylic acids is 1. The molecular weight excluding hydrogens is 232 g/mol. The number of carbonyl (C=O) groups excluding carboxylic acids is 1. The monoisotopic (exact) mass is 254 g/mol. The van der Waals surface area contributed by atoms with Crippen LogP contribution in [0.25, 0.3) is 0 Å². The van der Waals surface area contributed by atoms with E-state index in [9.17, 15) is 9.59 Å². The lowest BCUT2D eigenvalue weighted by Gasteiger charge is -2.26. The van der Waals surface area contributed by atoms with E-state index in [-0.39, 0.29) is 11.9 Å². The third kappa shape index (κ3) is 4.77. The van der Waals surface area contributed by atoms with Gasteiger partial charge in [0.15, 0.2) is 0 Å². The van der Waals surface area contributed by atoms with Gasteiger partial charge >= 0.3 is 12.0 Å². The minimum Gasteiger partial charge on any atom is -0.481 e. The number of carbonyl (C=O) groups is 2. The maximum atomic E-state index is 11.8. The van der Waals surface area contributed by atoms with E-state index in [1.54, 1.807) is 11.8 Å². The number of nitrogens with zero attached hydrogens (tertiary/aromatic N) is 1. The largest absolute Gasteiger partial charge is 0.481 e. The quantitative estimate of drug-likeness (QED) is 0.581. The number of urea groups is 1. The van der Waals surface area contributed by atoms with Crippen LogP contribution >= 0.6 is 0 Å². The Morgan fingerprint density at radius 1 is 1.56 bits per heavy atom. The summed E-state index contributed by atoms with van der Waals surface area (Å²) < 4.78 is 0. The molecule has 1 heterocycles. The second kappa shape index (κ2) is 7.03. The van der Waals surface area contributed by atoms with Crippen LogP contribution in [0.1, 0.15) is 33.1 Å². The molecule has 2 amide bonds. The van der Waals surface area contributed by atoms with E-state index >= 15 is 0 Å². The minimum absolute atomic E-state index is 0.0505. The molecule has 0 spiro atoms. The van der Waals surface area contributed by atoms with Crippen molar-refractivity contribution in [1.29, 1.82) is 0 Å². The summed E-state index contributed by atoms with van der Waals surface area (Å²) in [7, 11) is 0. The summed E-state index contributed by atoms with van der Waals surface area (Å²) >= 11 is 0. The average molecular weight is 254 g/mol. The molecule has 0 saturated heterocycles. The third-order valence-corrected chi connectivity index (χ3v) is 3.13. The summed E-state index contributed by atoms with van der Waals surface area (Å²) in [6.07, 6.45) is 4.35. The smallest absolute Gasteiger partial charge is 0.317 e. The van der Waals surface area contributed by atoms with Gasteiger partial charge in [-0.15, -0.1) is 0 Å². The Kier molecular flexibility index (Phi) is 5.68. The first kappa shape index (κ1) is 14.5. The maximum Gasteiger partial charge on any atom is 0.317 e. The average Bonchev–Trinajstić information content (AvgIpc) is 2.33. The van der Waals surface area contributed by atoms with Crippen LogP contribution in [-0.2, 0) is 4.79 Å². The Labute approximate surface area is 108 Å². The minimum atomic E-state index is -0.780. The number of nitrogens with one attached hydrogen (secondary N) is 1. The lowest BCUT2D eigenvalue weighted by Crippen LogP contribution is -2.43. The zero-order valence-electron chi connectivity index (χ0n) is 11.1. The molecule has 0 aromatic heterocycles. The van der Waals surface area contributed by atoms with Gasteiger partial charge in [0.25, 0.3) is 0 Å². The van der Waals surface area contributed by atoms with E-state index in [2.05, 4.69) is 11.4 Å². The van der Waals surface area contributed by atoms with Gasteiger partial charge in [0.1, 0.15) is 0 Å². The summed E-state index contributed by atoms with van der Waals surface area (Å²) in [6, 6.07) is -0.0505. The van der Waals surface area contributed by atoms with Gasteiger partial charge < -0.3 is 15.3 Å². The van der Waals surface area contributed by atoms with Crippen LogP contribution in [0.3, 0.4) is 0 Å². The highest BCUT2D eigenvalue weighted by atomic mass is 16.4. The van der Waals surface area contributed by atoms with Gasteiger partial charge in [0.2, 0.25) is 0 Å². The van der Waals surface area contributed by atoms with E-state index in [1.807, 2.05) is 6.92 Å². The molecule has 0 aliphatic carbocycles. The van der Waals surface area contributed by atoms with Crippen molar-refractivity contribution in [1.82, 2.24) is 10.2 Å². The van der Waals surface area contributed by atoms with Crippen LogP contribution in [0.15, 0.2) is 11.6 Å². The van der Waals surface area contributed by atoms with Crippen LogP contribution < -0.4 is 5.32 Å². The van der Waals surface area contributed by atoms with E-state index < -0.39 is 5.97 Å². The van der Waals surface area contributed by atoms with Crippen molar-refractivity contribution in [2.45, 2.75) is 33.1 Å². The highest BCUT2D eigenvalue weighted by Gasteiger charge is 2.16. The first-order valence-corrected chi connectivity index (χ1v) is 6.42. The lowest BCUT2D eigenvalue weighted by molar-refractivity contribution is -0.141. The summed E-state index contributed by atoms with van der Waals surface area (Å²) in [6.45, 7) is 5.69. The Balaban J connectivity index is 2.18. The van der Waals surface area contributed by atoms with Gasteiger partial charge in [-0.05, 0) is 26.2 Å². The maximum absolute atomic E-state index is 11.8. The molecule has 0 aromatic carbocycles. The molecule has 5 heteroatoms. The number of hydrogen-bond donors (Lipinski definition) is 2. The zero-order chi connectivity index (χ0) is 13.5. The van der Waals surface area contributed by atoms with Crippen LogP contribution in [-0.4, -0.2) is 41.6 Å². The molecule has 0 saturated carbocycles. The van der Waals surface area contributed by atoms with Crippen molar-refractivity contribution in [3.05, 3.63) is 11.6 Å². The van der Waals surface area contributed by atoms with E-state index in [1.165, 1.54) is 5.57 Å². The molecule has 2 N–H and O–H groups in total. The van der Waals surface area contributed by atoms with Crippen LogP contribution in [0.4, 0.5) is 4.79 Å². The van der Waals surface area contributed by atoms with Crippen LogP contribution in [0, 0.1) is 5.92 Å². The summed E-state index contributed by atoms with van der Waals surface area (Å²) in [4.78, 5) is 24.2. The first-order chi connectivity index (χ1) is 8.50. The van der Waals surface area contributed by atoms with Crippen molar-refractivity contribution < 1.29 is 14.7 Å². The van der Waals surface area contributed by atoms with Crippen molar-refractivity contribution in [3.8, 4) is 0 Å². The number of carboxylic acid groups (broad SMARTS) is 1. The molecule has 5 nitrogen and oxygen atoms in total. The van der Waals surface area contributed by atoms with Crippen molar-refractivity contribution in [3.63, 3.8) is 0 Å². The lowest BCUT2D eigenvalue weighted by atomic mass is 10.1. The molecule has 0 fully saturated rings. The Morgan fingerprint density at radius 3 is 2.89 bits per heavy atom. The fraction of sp³-hybridized carbons (Fsp3) is 0.692. The molecule has 0 aromatic rings. The standard InChI is InChI=1S/C13H22N2O3/c1-10-5-4-8-15(9-10)13(18)14-7-3-6-11(2)12(16)17/h5,11H,3-4,6-9H2,1-2H3,(H,14,18)(H,16,17). The molecule has 1 aliphatic heterocycles. The van der Waals surface area contributed by atoms with Gasteiger partial charge in [-0.3, -0.25) is 4.79 Å². The summed E-state index contributed by atoms with van der Waals surface area (Å²) in [5.41, 5.74) is 1.22. The van der Waals surface area contributed by atoms with Crippen molar-refractivity contribution in [2.75, 3.05) is 19.6 Å². The first-order valence-electron chi connectivity index (χ1n) is 6.42. The third-order valence-electron chi connectivity index (χ3n) is 3.13. The van der Waals surface area contributed by atoms with Crippen LogP contribution in [0.2, 0.25) is 0 Å². The molecule has 1 atom stereocenters. The molecule has 18 heavy (non-hydrogen) atoms. The molecule has 1 unspecified atom stereocenters. The second-order valence-corrected chi connectivity index (χ2v) is 4.87. The van der Waals surface area contributed by atoms with E-state index in [4.69, 9.17) is 5.11 Å². The van der Waals surface area contributed by atoms with E-state index in [0.717, 1.165) is 13.0 Å². The molecule has 1 aliphatic rings. The molecule has 102 valence electrons. The SMILES string of the molecule is CC1=CCCN(C(=O)NCCCC(C)C(=O)O)C1. The molecule has 0 radical (unpaired) electrons. The van der Waals surface area contributed by atoms with Crippen LogP contribution in [0.5, 0.6) is 0 Å². The fourth-order valence-electron chi connectivity index (χ4n) is 1.92. The molecular formula is C13H22N2O3. The highest BCUT2D eigenvalue weighted by molar-refractivity contribution is 5.74. The Morgan fingerprint density at radius 2 is 2.28 bits per heavy atom. The van der Waals surface area contributed by atoms with Crippen molar-refractivity contribution >= 4 is 12.0 Å². The zero-order valence-corrected chi connectivity index (χ0v) is 11.1. The highest BCUT2D eigenvalue weighted by Crippen LogP contribution is 2.09. The normalized spacial score (nSPS) is 17.0. The predicted octanol–water partition coefficient (Wildman–Crippen LogP) is 1.85. The van der Waals surface area contributed by atoms with Crippen molar-refractivity contribution in [2.24, 2.45) is 5.92 Å². The summed E-state index contributed by atoms with van der Waals surface area (Å²) in [5.74, 6) is -1.12. The summed E-state index contributed by atoms with van der Waals surface area (Å²) in [5, 5.41) is 11.6. The van der Waals surface area contributed by atoms with Gasteiger partial charge in [-0.1, -0.05) is 18.6 Å². The number of hydrogen-bond acceptors (Lipinski definition) is 2. The Bertz CT molecular complexity index is 339. The predicted molar refractivity (Wildman–Crippen MR) is 69.4 cm³/mol.